The summed E-state index contributed by atoms with van der Waals surface area (Å²) >= 11 is 5.83. The lowest BCUT2D eigenvalue weighted by Crippen LogP contribution is -2.50. The van der Waals surface area contributed by atoms with Crippen LogP contribution >= 0.6 is 24.0 Å². The zero-order valence-corrected chi connectivity index (χ0v) is 15.0. The van der Waals surface area contributed by atoms with E-state index in [1.54, 1.807) is 35.2 Å². The maximum absolute atomic E-state index is 13.5. The van der Waals surface area contributed by atoms with Crippen molar-refractivity contribution < 1.29 is 13.9 Å². The molecular weight excluding hydrogens is 366 g/mol. The molecule has 1 fully saturated rings. The molecule has 2 aromatic carbocycles. The summed E-state index contributed by atoms with van der Waals surface area (Å²) in [6, 6.07) is 13.0. The fourth-order valence-corrected chi connectivity index (χ4v) is 2.90. The van der Waals surface area contributed by atoms with E-state index in [0.29, 0.717) is 30.4 Å². The predicted molar refractivity (Wildman–Crippen MR) is 97.9 cm³/mol. The lowest BCUT2D eigenvalue weighted by atomic mass is 10.0. The van der Waals surface area contributed by atoms with E-state index in [1.807, 2.05) is 6.07 Å². The first-order valence-corrected chi connectivity index (χ1v) is 8.15. The molecule has 1 N–H and O–H groups in total. The van der Waals surface area contributed by atoms with E-state index >= 15 is 0 Å². The molecule has 0 bridgehead atoms. The summed E-state index contributed by atoms with van der Waals surface area (Å²) in [6.07, 6.45) is 0. The molecular formula is C18H19Cl2FN2O2. The third-order valence-electron chi connectivity index (χ3n) is 3.97. The third-order valence-corrected chi connectivity index (χ3v) is 4.23. The molecule has 7 heteroatoms. The Labute approximate surface area is 157 Å². The Morgan fingerprint density at radius 1 is 1.28 bits per heavy atom. The number of hydrogen-bond donors (Lipinski definition) is 1. The summed E-state index contributed by atoms with van der Waals surface area (Å²) < 4.78 is 19.0. The summed E-state index contributed by atoms with van der Waals surface area (Å²) in [5.74, 6) is 0.161. The Morgan fingerprint density at radius 3 is 2.76 bits per heavy atom. The van der Waals surface area contributed by atoms with E-state index in [1.165, 1.54) is 12.1 Å². The van der Waals surface area contributed by atoms with Gasteiger partial charge in [0.25, 0.3) is 5.91 Å². The van der Waals surface area contributed by atoms with Crippen LogP contribution in [0.1, 0.15) is 11.6 Å². The average Bonchev–Trinajstić information content (AvgIpc) is 2.61. The number of piperazine rings is 1. The average molecular weight is 385 g/mol. The van der Waals surface area contributed by atoms with Crippen LogP contribution in [0.15, 0.2) is 48.5 Å². The maximum Gasteiger partial charge on any atom is 0.261 e. The van der Waals surface area contributed by atoms with Gasteiger partial charge in [0.05, 0.1) is 6.04 Å². The number of carbonyl (C=O) groups excluding carboxylic acids is 1. The highest BCUT2D eigenvalue weighted by Gasteiger charge is 2.28. The Bertz CT molecular complexity index is 712. The Hall–Kier alpha value is -1.82. The molecule has 4 nitrogen and oxygen atoms in total. The van der Waals surface area contributed by atoms with Gasteiger partial charge >= 0.3 is 0 Å². The van der Waals surface area contributed by atoms with Crippen molar-refractivity contribution in [2.75, 3.05) is 26.2 Å². The summed E-state index contributed by atoms with van der Waals surface area (Å²) in [7, 11) is 0. The van der Waals surface area contributed by atoms with Crippen molar-refractivity contribution in [2.45, 2.75) is 6.04 Å². The molecule has 2 aromatic rings. The molecule has 134 valence electrons. The molecule has 1 aliphatic heterocycles. The van der Waals surface area contributed by atoms with Gasteiger partial charge in [-0.05, 0) is 42.0 Å². The first kappa shape index (κ1) is 19.5. The minimum atomic E-state index is -0.303. The van der Waals surface area contributed by atoms with Gasteiger partial charge in [-0.1, -0.05) is 23.7 Å². The maximum atomic E-state index is 13.5. The molecule has 1 heterocycles. The van der Waals surface area contributed by atoms with Gasteiger partial charge < -0.3 is 15.0 Å². The number of rotatable bonds is 4. The van der Waals surface area contributed by atoms with Gasteiger partial charge in [0.2, 0.25) is 0 Å². The summed E-state index contributed by atoms with van der Waals surface area (Å²) in [4.78, 5) is 14.3. The van der Waals surface area contributed by atoms with Gasteiger partial charge in [0.1, 0.15) is 11.6 Å². The van der Waals surface area contributed by atoms with Crippen molar-refractivity contribution >= 4 is 29.9 Å². The fourth-order valence-electron chi connectivity index (χ4n) is 2.77. The van der Waals surface area contributed by atoms with Gasteiger partial charge in [-0.25, -0.2) is 4.39 Å². The molecule has 0 saturated carbocycles. The Kier molecular flexibility index (Phi) is 7.05. The van der Waals surface area contributed by atoms with E-state index in [0.717, 1.165) is 5.56 Å². The van der Waals surface area contributed by atoms with Crippen LogP contribution in [0.4, 0.5) is 4.39 Å². The second kappa shape index (κ2) is 9.04. The zero-order valence-electron chi connectivity index (χ0n) is 13.5. The van der Waals surface area contributed by atoms with Gasteiger partial charge in [-0.15, -0.1) is 12.4 Å². The van der Waals surface area contributed by atoms with Crippen molar-refractivity contribution in [3.63, 3.8) is 0 Å². The van der Waals surface area contributed by atoms with Crippen LogP contribution in [0.25, 0.3) is 0 Å². The molecule has 0 aromatic heterocycles. The van der Waals surface area contributed by atoms with E-state index in [9.17, 15) is 9.18 Å². The lowest BCUT2D eigenvalue weighted by molar-refractivity contribution is -0.136. The number of ether oxygens (including phenoxy) is 1. The van der Waals surface area contributed by atoms with Crippen LogP contribution in [0.2, 0.25) is 5.02 Å². The second-order valence-corrected chi connectivity index (χ2v) is 6.04. The van der Waals surface area contributed by atoms with Crippen LogP contribution in [0.3, 0.4) is 0 Å². The molecule has 3 rings (SSSR count). The van der Waals surface area contributed by atoms with Crippen LogP contribution in [-0.4, -0.2) is 37.0 Å². The van der Waals surface area contributed by atoms with Crippen LogP contribution < -0.4 is 10.1 Å². The Balaban J connectivity index is 0.00000225. The highest BCUT2D eigenvalue weighted by atomic mass is 35.5. The first-order chi connectivity index (χ1) is 11.6. The van der Waals surface area contributed by atoms with Crippen LogP contribution in [0.5, 0.6) is 5.75 Å². The van der Waals surface area contributed by atoms with Crippen molar-refractivity contribution in [1.82, 2.24) is 10.2 Å². The van der Waals surface area contributed by atoms with Crippen LogP contribution in [-0.2, 0) is 4.79 Å². The minimum Gasteiger partial charge on any atom is -0.484 e. The number of benzene rings is 2. The number of nitrogens with one attached hydrogen (secondary N) is 1. The molecule has 0 radical (unpaired) electrons. The molecule has 1 amide bonds. The number of amides is 1. The number of carbonyl (C=O) groups is 1. The smallest absolute Gasteiger partial charge is 0.261 e. The highest BCUT2D eigenvalue weighted by molar-refractivity contribution is 6.30. The van der Waals surface area contributed by atoms with Crippen molar-refractivity contribution in [3.05, 3.63) is 64.9 Å². The monoisotopic (exact) mass is 384 g/mol. The zero-order chi connectivity index (χ0) is 16.9. The molecule has 1 saturated heterocycles. The molecule has 25 heavy (non-hydrogen) atoms. The summed E-state index contributed by atoms with van der Waals surface area (Å²) in [5, 5.41) is 3.86. The number of nitrogens with zero attached hydrogens (tertiary/aromatic N) is 1. The third kappa shape index (κ3) is 5.08. The van der Waals surface area contributed by atoms with Gasteiger partial charge in [0, 0.05) is 24.7 Å². The second-order valence-electron chi connectivity index (χ2n) is 5.60. The molecule has 1 atom stereocenters. The molecule has 0 aliphatic carbocycles. The predicted octanol–water partition coefficient (Wildman–Crippen LogP) is 3.45. The van der Waals surface area contributed by atoms with E-state index in [2.05, 4.69) is 5.32 Å². The first-order valence-electron chi connectivity index (χ1n) is 7.77. The van der Waals surface area contributed by atoms with Crippen molar-refractivity contribution in [1.29, 1.82) is 0 Å². The number of hydrogen-bond acceptors (Lipinski definition) is 3. The largest absolute Gasteiger partial charge is 0.484 e. The van der Waals surface area contributed by atoms with Gasteiger partial charge in [-0.3, -0.25) is 4.79 Å². The quantitative estimate of drug-likeness (QED) is 0.877. The number of halogens is 3. The highest BCUT2D eigenvalue weighted by Crippen LogP contribution is 2.23. The van der Waals surface area contributed by atoms with Crippen molar-refractivity contribution in [2.24, 2.45) is 0 Å². The minimum absolute atomic E-state index is 0. The summed E-state index contributed by atoms with van der Waals surface area (Å²) in [5.41, 5.74) is 0.780. The van der Waals surface area contributed by atoms with Crippen molar-refractivity contribution in [3.8, 4) is 5.75 Å². The van der Waals surface area contributed by atoms with Crippen LogP contribution in [0, 0.1) is 5.82 Å². The van der Waals surface area contributed by atoms with E-state index < -0.39 is 0 Å². The Morgan fingerprint density at radius 2 is 2.04 bits per heavy atom. The topological polar surface area (TPSA) is 41.6 Å². The summed E-state index contributed by atoms with van der Waals surface area (Å²) in [6.45, 7) is 1.80. The normalized spacial score (nSPS) is 16.9. The fraction of sp³-hybridized carbons (Fsp3) is 0.278. The lowest BCUT2D eigenvalue weighted by Gasteiger charge is -2.36. The van der Waals surface area contributed by atoms with E-state index in [-0.39, 0.29) is 36.8 Å². The molecule has 1 unspecified atom stereocenters. The van der Waals surface area contributed by atoms with Gasteiger partial charge in [0.15, 0.2) is 6.61 Å². The SMILES string of the molecule is Cl.O=C(COc1ccc(Cl)cc1)N1CCNCC1c1cccc(F)c1. The molecule has 0 spiro atoms. The standard InChI is InChI=1S/C18H18ClFN2O2.ClH/c19-14-4-6-16(7-5-14)24-12-18(23)22-9-8-21-11-17(22)13-2-1-3-15(20)10-13;/h1-7,10,17,21H,8-9,11-12H2;1H. The van der Waals surface area contributed by atoms with Gasteiger partial charge in [-0.2, -0.15) is 0 Å². The van der Waals surface area contributed by atoms with E-state index in [4.69, 9.17) is 16.3 Å². The molecule has 1 aliphatic rings.